The summed E-state index contributed by atoms with van der Waals surface area (Å²) in [6, 6.07) is 3.67. The quantitative estimate of drug-likeness (QED) is 0.751. The summed E-state index contributed by atoms with van der Waals surface area (Å²) in [6.07, 6.45) is 7.88. The van der Waals surface area contributed by atoms with E-state index >= 15 is 0 Å². The lowest BCUT2D eigenvalue weighted by atomic mass is 10.2. The van der Waals surface area contributed by atoms with Crippen LogP contribution in [0.25, 0.3) is 17.2 Å². The Morgan fingerprint density at radius 1 is 1.42 bits per heavy atom. The largest absolute Gasteiger partial charge is 0.393 e. The van der Waals surface area contributed by atoms with Gasteiger partial charge in [-0.1, -0.05) is 0 Å². The second-order valence-corrected chi connectivity index (χ2v) is 4.33. The van der Waals surface area contributed by atoms with Crippen LogP contribution in [0.3, 0.4) is 0 Å². The highest BCUT2D eigenvalue weighted by Gasteiger charge is 2.09. The molecular weight excluding hydrogens is 242 g/mol. The predicted molar refractivity (Wildman–Crippen MR) is 68.2 cm³/mol. The summed E-state index contributed by atoms with van der Waals surface area (Å²) in [4.78, 5) is 16.5. The van der Waals surface area contributed by atoms with Crippen LogP contribution < -0.4 is 0 Å². The molecule has 1 radical (unpaired) electrons. The van der Waals surface area contributed by atoms with Gasteiger partial charge in [-0.2, -0.15) is 0 Å². The Morgan fingerprint density at radius 3 is 3.05 bits per heavy atom. The molecule has 0 fully saturated rings. The zero-order chi connectivity index (χ0) is 13.2. The maximum Gasteiger partial charge on any atom is 0.234 e. The standard InChI is InChI=1S/C13H12N5O/c1-9(19)6-10-3-5-18-12(7-15-13(18)17-10)11-2-4-14-8-16-11/h2-5,7,9,19H,6H2,1H3. The first kappa shape index (κ1) is 11.7. The lowest BCUT2D eigenvalue weighted by molar-refractivity contribution is 0.194. The highest BCUT2D eigenvalue weighted by molar-refractivity contribution is 5.57. The molecule has 0 aliphatic carbocycles. The fourth-order valence-electron chi connectivity index (χ4n) is 1.92. The summed E-state index contributed by atoms with van der Waals surface area (Å²) in [5, 5.41) is 9.37. The molecule has 0 saturated carbocycles. The Morgan fingerprint density at radius 2 is 2.32 bits per heavy atom. The minimum absolute atomic E-state index is 0.416. The summed E-state index contributed by atoms with van der Waals surface area (Å²) >= 11 is 0. The van der Waals surface area contributed by atoms with Crippen molar-refractivity contribution >= 4 is 5.78 Å². The number of aromatic nitrogens is 5. The van der Waals surface area contributed by atoms with E-state index < -0.39 is 6.10 Å². The third kappa shape index (κ3) is 2.30. The number of aliphatic hydroxyl groups excluding tert-OH is 1. The molecule has 1 unspecified atom stereocenters. The van der Waals surface area contributed by atoms with Crippen LogP contribution in [0.5, 0.6) is 0 Å². The SMILES string of the molecule is CC(O)Cc1ccn2c(-c3ccn[c]n3)cnc2n1. The van der Waals surface area contributed by atoms with Crippen molar-refractivity contribution in [2.45, 2.75) is 19.4 Å². The molecular formula is C13H12N5O. The van der Waals surface area contributed by atoms with E-state index in [1.54, 1.807) is 25.4 Å². The van der Waals surface area contributed by atoms with Crippen molar-refractivity contribution in [2.24, 2.45) is 0 Å². The summed E-state index contributed by atoms with van der Waals surface area (Å²) in [5.41, 5.74) is 2.39. The third-order valence-electron chi connectivity index (χ3n) is 2.74. The van der Waals surface area contributed by atoms with Gasteiger partial charge in [0, 0.05) is 24.5 Å². The summed E-state index contributed by atoms with van der Waals surface area (Å²) in [6.45, 7) is 1.74. The van der Waals surface area contributed by atoms with Crippen LogP contribution in [0.2, 0.25) is 0 Å². The van der Waals surface area contributed by atoms with E-state index in [0.717, 1.165) is 17.1 Å². The van der Waals surface area contributed by atoms with Crippen molar-refractivity contribution in [1.82, 2.24) is 24.3 Å². The van der Waals surface area contributed by atoms with E-state index in [9.17, 15) is 5.11 Å². The summed E-state index contributed by atoms with van der Waals surface area (Å²) in [7, 11) is 0. The van der Waals surface area contributed by atoms with E-state index in [1.165, 1.54) is 0 Å². The molecule has 3 aromatic heterocycles. The van der Waals surface area contributed by atoms with Crippen molar-refractivity contribution in [3.8, 4) is 11.4 Å². The molecule has 3 heterocycles. The minimum atomic E-state index is -0.416. The molecule has 0 spiro atoms. The lowest BCUT2D eigenvalue weighted by Crippen LogP contribution is -2.07. The van der Waals surface area contributed by atoms with Crippen LogP contribution in [-0.2, 0) is 6.42 Å². The average Bonchev–Trinajstić information content (AvgIpc) is 2.82. The van der Waals surface area contributed by atoms with Crippen LogP contribution in [0.15, 0.2) is 30.7 Å². The van der Waals surface area contributed by atoms with E-state index in [0.29, 0.717) is 12.2 Å². The van der Waals surface area contributed by atoms with Gasteiger partial charge >= 0.3 is 0 Å². The molecule has 1 N–H and O–H groups in total. The van der Waals surface area contributed by atoms with Gasteiger partial charge in [-0.3, -0.25) is 4.40 Å². The van der Waals surface area contributed by atoms with Crippen LogP contribution in [0.4, 0.5) is 0 Å². The summed E-state index contributed by atoms with van der Waals surface area (Å²) in [5.74, 6) is 0.590. The molecule has 6 heteroatoms. The fraction of sp³-hybridized carbons (Fsp3) is 0.231. The number of aliphatic hydroxyl groups is 1. The molecule has 0 aliphatic rings. The van der Waals surface area contributed by atoms with Gasteiger partial charge in [-0.25, -0.2) is 19.9 Å². The molecule has 0 aromatic carbocycles. The average molecular weight is 254 g/mol. The van der Waals surface area contributed by atoms with Crippen molar-refractivity contribution in [3.63, 3.8) is 0 Å². The molecule has 1 atom stereocenters. The molecule has 0 amide bonds. The summed E-state index contributed by atoms with van der Waals surface area (Å²) < 4.78 is 1.85. The number of imidazole rings is 1. The number of fused-ring (bicyclic) bond motifs is 1. The van der Waals surface area contributed by atoms with Crippen LogP contribution in [0, 0.1) is 6.33 Å². The molecule has 0 saturated heterocycles. The molecule has 19 heavy (non-hydrogen) atoms. The van der Waals surface area contributed by atoms with Crippen LogP contribution >= 0.6 is 0 Å². The monoisotopic (exact) mass is 254 g/mol. The highest BCUT2D eigenvalue weighted by Crippen LogP contribution is 2.17. The molecule has 0 aliphatic heterocycles. The number of hydrogen-bond acceptors (Lipinski definition) is 5. The smallest absolute Gasteiger partial charge is 0.234 e. The Labute approximate surface area is 109 Å². The van der Waals surface area contributed by atoms with Gasteiger partial charge in [0.05, 0.1) is 23.7 Å². The van der Waals surface area contributed by atoms with Gasteiger partial charge in [-0.05, 0) is 19.1 Å². The van der Waals surface area contributed by atoms with Gasteiger partial charge in [0.25, 0.3) is 0 Å². The zero-order valence-electron chi connectivity index (χ0n) is 10.4. The van der Waals surface area contributed by atoms with Crippen LogP contribution in [-0.4, -0.2) is 35.5 Å². The van der Waals surface area contributed by atoms with Crippen molar-refractivity contribution in [2.75, 3.05) is 0 Å². The first-order chi connectivity index (χ1) is 9.24. The van der Waals surface area contributed by atoms with E-state index in [-0.39, 0.29) is 0 Å². The third-order valence-corrected chi connectivity index (χ3v) is 2.74. The number of nitrogens with zero attached hydrogens (tertiary/aromatic N) is 5. The first-order valence-electron chi connectivity index (χ1n) is 5.94. The second kappa shape index (κ2) is 4.74. The zero-order valence-corrected chi connectivity index (χ0v) is 10.4. The Balaban J connectivity index is 2.05. The Kier molecular flexibility index (Phi) is 2.92. The maximum atomic E-state index is 9.37. The maximum absolute atomic E-state index is 9.37. The van der Waals surface area contributed by atoms with Crippen LogP contribution in [0.1, 0.15) is 12.6 Å². The number of rotatable bonds is 3. The van der Waals surface area contributed by atoms with E-state index in [2.05, 4.69) is 26.3 Å². The predicted octanol–water partition coefficient (Wildman–Crippen LogP) is 0.910. The van der Waals surface area contributed by atoms with Gasteiger partial charge in [0.2, 0.25) is 5.78 Å². The molecule has 6 nitrogen and oxygen atoms in total. The van der Waals surface area contributed by atoms with Gasteiger partial charge in [-0.15, -0.1) is 0 Å². The van der Waals surface area contributed by atoms with Gasteiger partial charge < -0.3 is 5.11 Å². The normalized spacial score (nSPS) is 12.7. The molecule has 3 rings (SSSR count). The Bertz CT molecular complexity index is 693. The van der Waals surface area contributed by atoms with E-state index in [4.69, 9.17) is 0 Å². The fourth-order valence-corrected chi connectivity index (χ4v) is 1.92. The highest BCUT2D eigenvalue weighted by atomic mass is 16.3. The Hall–Kier alpha value is -2.34. The van der Waals surface area contributed by atoms with E-state index in [1.807, 2.05) is 16.7 Å². The molecule has 3 aromatic rings. The van der Waals surface area contributed by atoms with Crippen molar-refractivity contribution < 1.29 is 5.11 Å². The second-order valence-electron chi connectivity index (χ2n) is 4.33. The first-order valence-corrected chi connectivity index (χ1v) is 5.94. The molecule has 95 valence electrons. The lowest BCUT2D eigenvalue weighted by Gasteiger charge is -2.04. The van der Waals surface area contributed by atoms with Gasteiger partial charge in [0.1, 0.15) is 0 Å². The molecule has 0 bridgehead atoms. The van der Waals surface area contributed by atoms with Crippen molar-refractivity contribution in [3.05, 3.63) is 42.7 Å². The minimum Gasteiger partial charge on any atom is -0.393 e. The van der Waals surface area contributed by atoms with Gasteiger partial charge in [0.15, 0.2) is 6.33 Å². The number of hydrogen-bond donors (Lipinski definition) is 1. The van der Waals surface area contributed by atoms with Crippen molar-refractivity contribution in [1.29, 1.82) is 0 Å². The topological polar surface area (TPSA) is 76.2 Å².